The number of hydrogen-bond acceptors (Lipinski definition) is 9. The third kappa shape index (κ3) is 5.04. The van der Waals surface area contributed by atoms with E-state index < -0.39 is 5.41 Å². The van der Waals surface area contributed by atoms with E-state index in [0.717, 1.165) is 18.4 Å². The van der Waals surface area contributed by atoms with E-state index in [-0.39, 0.29) is 17.7 Å². The number of nitriles is 1. The van der Waals surface area contributed by atoms with Crippen LogP contribution in [0.15, 0.2) is 55.1 Å². The molecule has 0 aromatic carbocycles. The van der Waals surface area contributed by atoms with Crippen molar-refractivity contribution >= 4 is 23.3 Å². The molecule has 4 aromatic rings. The highest BCUT2D eigenvalue weighted by atomic mass is 16.2. The molecule has 11 nitrogen and oxygen atoms in total. The highest BCUT2D eigenvalue weighted by Crippen LogP contribution is 2.46. The van der Waals surface area contributed by atoms with Crippen LogP contribution in [-0.2, 0) is 10.2 Å². The zero-order valence-corrected chi connectivity index (χ0v) is 21.0. The predicted octanol–water partition coefficient (Wildman–Crippen LogP) is 3.86. The van der Waals surface area contributed by atoms with Gasteiger partial charge in [-0.1, -0.05) is 0 Å². The first kappa shape index (κ1) is 24.2. The Labute approximate surface area is 223 Å². The van der Waals surface area contributed by atoms with Crippen molar-refractivity contribution in [2.24, 2.45) is 5.92 Å². The van der Waals surface area contributed by atoms with Crippen molar-refractivity contribution in [3.8, 4) is 28.7 Å². The maximum Gasteiger partial charge on any atom is 0.257 e. The lowest BCUT2D eigenvalue weighted by Gasteiger charge is -2.11. The van der Waals surface area contributed by atoms with Crippen molar-refractivity contribution < 1.29 is 9.59 Å². The molecule has 4 aromatic heterocycles. The fraction of sp³-hybridized carbons (Fsp3) is 0.250. The molecule has 0 spiro atoms. The molecule has 6 rings (SSSR count). The highest BCUT2D eigenvalue weighted by Gasteiger charge is 2.47. The molecule has 0 unspecified atom stereocenters. The lowest BCUT2D eigenvalue weighted by Crippen LogP contribution is -2.16. The molecular formula is C28H23N9O2. The molecule has 2 aliphatic carbocycles. The minimum atomic E-state index is -0.636. The number of carbonyl (C=O) groups excluding carboxylic acids is 2. The van der Waals surface area contributed by atoms with Crippen LogP contribution < -0.4 is 10.6 Å². The number of amides is 2. The molecule has 4 heterocycles. The summed E-state index contributed by atoms with van der Waals surface area (Å²) >= 11 is 0. The van der Waals surface area contributed by atoms with Gasteiger partial charge in [0.15, 0.2) is 5.82 Å². The van der Waals surface area contributed by atoms with Crippen molar-refractivity contribution in [3.63, 3.8) is 0 Å². The molecule has 192 valence electrons. The first-order valence-electron chi connectivity index (χ1n) is 12.6. The normalized spacial score (nSPS) is 15.2. The monoisotopic (exact) mass is 517 g/mol. The molecule has 11 heteroatoms. The zero-order chi connectivity index (χ0) is 27.0. The quantitative estimate of drug-likeness (QED) is 0.371. The van der Waals surface area contributed by atoms with Gasteiger partial charge in [0, 0.05) is 35.1 Å². The van der Waals surface area contributed by atoms with Gasteiger partial charge in [-0.15, -0.1) is 0 Å². The van der Waals surface area contributed by atoms with Crippen LogP contribution in [0.1, 0.15) is 47.4 Å². The van der Waals surface area contributed by atoms with E-state index in [1.807, 2.05) is 13.0 Å². The van der Waals surface area contributed by atoms with Crippen molar-refractivity contribution in [3.05, 3.63) is 72.1 Å². The minimum Gasteiger partial charge on any atom is -0.321 e. The van der Waals surface area contributed by atoms with Crippen molar-refractivity contribution in [2.45, 2.75) is 38.0 Å². The number of anilines is 2. The summed E-state index contributed by atoms with van der Waals surface area (Å²) in [6.45, 7) is 1.84. The van der Waals surface area contributed by atoms with Gasteiger partial charge in [0.05, 0.1) is 41.1 Å². The molecule has 2 aliphatic rings. The molecule has 2 saturated carbocycles. The second-order valence-electron chi connectivity index (χ2n) is 9.79. The molecule has 0 saturated heterocycles. The van der Waals surface area contributed by atoms with E-state index in [9.17, 15) is 14.9 Å². The molecule has 0 radical (unpaired) electrons. The molecular weight excluding hydrogens is 494 g/mol. The number of nitrogens with one attached hydrogen (secondary N) is 2. The first-order valence-corrected chi connectivity index (χ1v) is 12.6. The summed E-state index contributed by atoms with van der Waals surface area (Å²) < 4.78 is 0. The third-order valence-corrected chi connectivity index (χ3v) is 6.87. The van der Waals surface area contributed by atoms with E-state index in [0.29, 0.717) is 58.4 Å². The summed E-state index contributed by atoms with van der Waals surface area (Å²) in [6.07, 6.45) is 9.46. The summed E-state index contributed by atoms with van der Waals surface area (Å²) in [5, 5.41) is 23.1. The Balaban J connectivity index is 1.23. The summed E-state index contributed by atoms with van der Waals surface area (Å²) in [6, 6.07) is 11.0. The van der Waals surface area contributed by atoms with Crippen LogP contribution in [0, 0.1) is 24.2 Å². The third-order valence-electron chi connectivity index (χ3n) is 6.87. The fourth-order valence-corrected chi connectivity index (χ4v) is 4.19. The van der Waals surface area contributed by atoms with Crippen LogP contribution in [0.5, 0.6) is 0 Å². The largest absolute Gasteiger partial charge is 0.321 e. The van der Waals surface area contributed by atoms with E-state index in [4.69, 9.17) is 4.98 Å². The Bertz CT molecular complexity index is 1660. The van der Waals surface area contributed by atoms with Crippen LogP contribution in [0.4, 0.5) is 11.5 Å². The summed E-state index contributed by atoms with van der Waals surface area (Å²) in [7, 11) is 0. The second-order valence-corrected chi connectivity index (χ2v) is 9.79. The van der Waals surface area contributed by atoms with E-state index >= 15 is 0 Å². The van der Waals surface area contributed by atoms with Crippen LogP contribution in [0.2, 0.25) is 0 Å². The molecule has 0 aliphatic heterocycles. The number of aryl methyl sites for hydroxylation is 1. The predicted molar refractivity (Wildman–Crippen MR) is 141 cm³/mol. The fourth-order valence-electron chi connectivity index (χ4n) is 4.19. The van der Waals surface area contributed by atoms with E-state index in [1.165, 1.54) is 6.20 Å². The van der Waals surface area contributed by atoms with Crippen LogP contribution in [0.3, 0.4) is 0 Å². The molecule has 0 bridgehead atoms. The smallest absolute Gasteiger partial charge is 0.257 e. The average molecular weight is 518 g/mol. The number of carbonyl (C=O) groups is 2. The van der Waals surface area contributed by atoms with Gasteiger partial charge in [0.2, 0.25) is 5.91 Å². The number of nitrogens with zero attached hydrogens (tertiary/aromatic N) is 7. The number of aromatic nitrogens is 6. The Kier molecular flexibility index (Phi) is 5.99. The summed E-state index contributed by atoms with van der Waals surface area (Å²) in [5.41, 5.74) is 3.42. The number of rotatable bonds is 7. The Morgan fingerprint density at radius 3 is 2.62 bits per heavy atom. The zero-order valence-electron chi connectivity index (χ0n) is 21.0. The van der Waals surface area contributed by atoms with Gasteiger partial charge < -0.3 is 10.6 Å². The SMILES string of the molecule is Cc1ncc(NC(=O)c2cnnc(C3(C#N)CC3)c2)cc1-c1nccc(-c2ccnc(NC(=O)C3CC3)c2)n1. The first-order chi connectivity index (χ1) is 18.9. The van der Waals surface area contributed by atoms with Crippen molar-refractivity contribution in [2.75, 3.05) is 10.6 Å². The van der Waals surface area contributed by atoms with Gasteiger partial charge in [-0.25, -0.2) is 15.0 Å². The Hall–Kier alpha value is -5.11. The van der Waals surface area contributed by atoms with E-state index in [1.54, 1.807) is 42.9 Å². The Morgan fingerprint density at radius 2 is 1.85 bits per heavy atom. The summed E-state index contributed by atoms with van der Waals surface area (Å²) in [5.74, 6) is 0.589. The molecule has 0 atom stereocenters. The molecule has 2 amide bonds. The average Bonchev–Trinajstić information content (AvgIpc) is 3.89. The topological polar surface area (TPSA) is 159 Å². The van der Waals surface area contributed by atoms with Crippen LogP contribution in [0.25, 0.3) is 22.6 Å². The minimum absolute atomic E-state index is 0.0144. The van der Waals surface area contributed by atoms with E-state index in [2.05, 4.69) is 41.9 Å². The molecule has 2 N–H and O–H groups in total. The lowest BCUT2D eigenvalue weighted by molar-refractivity contribution is -0.117. The van der Waals surface area contributed by atoms with Crippen molar-refractivity contribution in [1.29, 1.82) is 5.26 Å². The van der Waals surface area contributed by atoms with Gasteiger partial charge in [-0.05, 0) is 62.9 Å². The maximum absolute atomic E-state index is 13.0. The van der Waals surface area contributed by atoms with Gasteiger partial charge >= 0.3 is 0 Å². The van der Waals surface area contributed by atoms with Crippen LogP contribution in [-0.4, -0.2) is 41.9 Å². The lowest BCUT2D eigenvalue weighted by atomic mass is 10.0. The number of pyridine rings is 2. The van der Waals surface area contributed by atoms with Crippen LogP contribution >= 0.6 is 0 Å². The van der Waals surface area contributed by atoms with Gasteiger partial charge in [-0.3, -0.25) is 14.6 Å². The number of hydrogen-bond donors (Lipinski definition) is 2. The Morgan fingerprint density at radius 1 is 1.03 bits per heavy atom. The van der Waals surface area contributed by atoms with Crippen molar-refractivity contribution in [1.82, 2.24) is 30.1 Å². The van der Waals surface area contributed by atoms with Gasteiger partial charge in [-0.2, -0.15) is 15.5 Å². The highest BCUT2D eigenvalue weighted by molar-refractivity contribution is 6.04. The second kappa shape index (κ2) is 9.64. The van der Waals surface area contributed by atoms with Gasteiger partial charge in [0.25, 0.3) is 5.91 Å². The maximum atomic E-state index is 13.0. The summed E-state index contributed by atoms with van der Waals surface area (Å²) in [4.78, 5) is 43.0. The standard InChI is InChI=1S/C28H23N9O2/c1-16-21(12-20(14-32-16)34-27(39)19-10-23(37-33-13-19)28(15-29)6-7-28)25-31-9-5-22(35-25)18-4-8-30-24(11-18)36-26(38)17-2-3-17/h4-5,8-14,17H,2-3,6-7H2,1H3,(H,34,39)(H,30,36,38). The van der Waals surface area contributed by atoms with Gasteiger partial charge in [0.1, 0.15) is 11.2 Å². The molecule has 2 fully saturated rings. The molecule has 39 heavy (non-hydrogen) atoms.